The van der Waals surface area contributed by atoms with Crippen LogP contribution in [0.2, 0.25) is 0 Å². The molecule has 1 radical (unpaired) electrons. The molecule has 1 aromatic carbocycles. The van der Waals surface area contributed by atoms with Crippen molar-refractivity contribution in [3.8, 4) is 5.75 Å². The first-order valence-electron chi connectivity index (χ1n) is 4.42. The molecular formula is C11H12NO. The summed E-state index contributed by atoms with van der Waals surface area (Å²) in [5.41, 5.74) is 1.02. The lowest BCUT2D eigenvalue weighted by molar-refractivity contribution is 0.400. The Balaban J connectivity index is 2.18. The van der Waals surface area contributed by atoms with Gasteiger partial charge in [0.2, 0.25) is 0 Å². The molecule has 0 saturated carbocycles. The van der Waals surface area contributed by atoms with Gasteiger partial charge in [0.25, 0.3) is 0 Å². The van der Waals surface area contributed by atoms with Gasteiger partial charge < -0.3 is 10.1 Å². The molecule has 1 aromatic rings. The van der Waals surface area contributed by atoms with Crippen LogP contribution in [-0.2, 0) is 0 Å². The Hall–Kier alpha value is -1.44. The summed E-state index contributed by atoms with van der Waals surface area (Å²) in [7, 11) is 0. The Labute approximate surface area is 78.2 Å². The average Bonchev–Trinajstić information content (AvgIpc) is 2.18. The smallest absolute Gasteiger partial charge is 0.150 e. The van der Waals surface area contributed by atoms with Crippen LogP contribution >= 0.6 is 0 Å². The fourth-order valence-corrected chi connectivity index (χ4v) is 1.30. The number of fused-ring (bicyclic) bond motifs is 1. The van der Waals surface area contributed by atoms with Gasteiger partial charge in [-0.15, -0.1) is 0 Å². The molecule has 1 aliphatic rings. The molecule has 0 bridgehead atoms. The third-order valence-electron chi connectivity index (χ3n) is 1.94. The molecular weight excluding hydrogens is 162 g/mol. The van der Waals surface area contributed by atoms with Crippen LogP contribution in [0.25, 0.3) is 0 Å². The van der Waals surface area contributed by atoms with E-state index in [0.717, 1.165) is 30.0 Å². The van der Waals surface area contributed by atoms with Gasteiger partial charge in [0.05, 0.1) is 5.69 Å². The Morgan fingerprint density at radius 1 is 1.31 bits per heavy atom. The minimum Gasteiger partial charge on any atom is -0.458 e. The quantitative estimate of drug-likeness (QED) is 0.744. The van der Waals surface area contributed by atoms with Crippen LogP contribution in [0.15, 0.2) is 36.2 Å². The molecule has 0 aliphatic carbocycles. The van der Waals surface area contributed by atoms with Crippen LogP contribution < -0.4 is 10.1 Å². The largest absolute Gasteiger partial charge is 0.458 e. The van der Waals surface area contributed by atoms with E-state index in [0.29, 0.717) is 0 Å². The van der Waals surface area contributed by atoms with Crippen molar-refractivity contribution in [1.29, 1.82) is 0 Å². The lowest BCUT2D eigenvalue weighted by Gasteiger charge is -2.18. The number of ether oxygens (including phenoxy) is 1. The van der Waals surface area contributed by atoms with E-state index in [9.17, 15) is 0 Å². The molecule has 0 aromatic heterocycles. The zero-order valence-electron chi connectivity index (χ0n) is 7.42. The van der Waals surface area contributed by atoms with Crippen molar-refractivity contribution in [3.63, 3.8) is 0 Å². The predicted molar refractivity (Wildman–Crippen MR) is 53.4 cm³/mol. The summed E-state index contributed by atoms with van der Waals surface area (Å²) in [5, 5.41) is 3.18. The minimum absolute atomic E-state index is 0.857. The van der Waals surface area contributed by atoms with Crippen LogP contribution in [0.1, 0.15) is 12.8 Å². The fraction of sp³-hybridized carbons (Fsp3) is 0.182. The van der Waals surface area contributed by atoms with Gasteiger partial charge in [-0.3, -0.25) is 0 Å². The van der Waals surface area contributed by atoms with Gasteiger partial charge in [0.15, 0.2) is 0 Å². The Kier molecular flexibility index (Phi) is 2.21. The van der Waals surface area contributed by atoms with Crippen molar-refractivity contribution < 1.29 is 4.74 Å². The highest BCUT2D eigenvalue weighted by atomic mass is 16.5. The first-order chi connectivity index (χ1) is 6.40. The first-order valence-corrected chi connectivity index (χ1v) is 4.42. The normalized spacial score (nSPS) is 13.8. The summed E-state index contributed by atoms with van der Waals surface area (Å²) in [4.78, 5) is 0. The minimum atomic E-state index is 0.857. The van der Waals surface area contributed by atoms with Gasteiger partial charge in [-0.25, -0.2) is 0 Å². The summed E-state index contributed by atoms with van der Waals surface area (Å²) in [6.45, 7) is 3.79. The van der Waals surface area contributed by atoms with Gasteiger partial charge in [-0.2, -0.15) is 0 Å². The molecule has 1 N–H and O–H groups in total. The summed E-state index contributed by atoms with van der Waals surface area (Å²) >= 11 is 0. The maximum absolute atomic E-state index is 5.63. The molecule has 0 atom stereocenters. The lowest BCUT2D eigenvalue weighted by atomic mass is 10.2. The van der Waals surface area contributed by atoms with E-state index in [4.69, 9.17) is 4.74 Å². The van der Waals surface area contributed by atoms with Gasteiger partial charge in [-0.05, 0) is 18.6 Å². The number of nitrogens with one attached hydrogen (secondary N) is 1. The van der Waals surface area contributed by atoms with E-state index in [1.54, 1.807) is 0 Å². The van der Waals surface area contributed by atoms with E-state index in [1.165, 1.54) is 0 Å². The van der Waals surface area contributed by atoms with Gasteiger partial charge in [0.1, 0.15) is 11.5 Å². The van der Waals surface area contributed by atoms with Crippen molar-refractivity contribution in [1.82, 2.24) is 0 Å². The number of anilines is 1. The third-order valence-corrected chi connectivity index (χ3v) is 1.94. The van der Waals surface area contributed by atoms with Gasteiger partial charge in [0, 0.05) is 12.6 Å². The second-order valence-corrected chi connectivity index (χ2v) is 2.96. The maximum Gasteiger partial charge on any atom is 0.150 e. The SMILES string of the molecule is [CH2]CCC1=CNc2ccccc2O1. The Bertz CT molecular complexity index is 331. The molecule has 0 fully saturated rings. The number of hydrogen-bond acceptors (Lipinski definition) is 2. The summed E-state index contributed by atoms with van der Waals surface area (Å²) in [6, 6.07) is 7.90. The summed E-state index contributed by atoms with van der Waals surface area (Å²) in [5.74, 6) is 1.85. The molecule has 13 heavy (non-hydrogen) atoms. The van der Waals surface area contributed by atoms with Crippen molar-refractivity contribution in [2.75, 3.05) is 5.32 Å². The van der Waals surface area contributed by atoms with Crippen LogP contribution in [0.5, 0.6) is 5.75 Å². The Morgan fingerprint density at radius 2 is 2.15 bits per heavy atom. The maximum atomic E-state index is 5.63. The molecule has 1 aliphatic heterocycles. The fourth-order valence-electron chi connectivity index (χ4n) is 1.30. The van der Waals surface area contributed by atoms with Crippen LogP contribution in [0, 0.1) is 6.92 Å². The van der Waals surface area contributed by atoms with E-state index in [1.807, 2.05) is 30.5 Å². The van der Waals surface area contributed by atoms with Crippen LogP contribution in [0.4, 0.5) is 5.69 Å². The van der Waals surface area contributed by atoms with E-state index in [-0.39, 0.29) is 0 Å². The number of para-hydroxylation sites is 2. The van der Waals surface area contributed by atoms with E-state index in [2.05, 4.69) is 12.2 Å². The molecule has 0 amide bonds. The molecule has 2 rings (SSSR count). The lowest BCUT2D eigenvalue weighted by Crippen LogP contribution is -2.06. The Morgan fingerprint density at radius 3 is 3.00 bits per heavy atom. The standard InChI is InChI=1S/C11H12NO/c1-2-5-9-8-12-10-6-3-4-7-11(10)13-9/h3-4,6-8,12H,1-2,5H2. The topological polar surface area (TPSA) is 21.3 Å². The molecule has 67 valence electrons. The van der Waals surface area contributed by atoms with Crippen LogP contribution in [-0.4, -0.2) is 0 Å². The highest BCUT2D eigenvalue weighted by Gasteiger charge is 2.09. The molecule has 2 nitrogen and oxygen atoms in total. The zero-order valence-corrected chi connectivity index (χ0v) is 7.42. The van der Waals surface area contributed by atoms with Crippen molar-refractivity contribution in [3.05, 3.63) is 43.1 Å². The third kappa shape index (κ3) is 1.66. The van der Waals surface area contributed by atoms with Crippen molar-refractivity contribution >= 4 is 5.69 Å². The number of rotatable bonds is 2. The zero-order chi connectivity index (χ0) is 9.10. The van der Waals surface area contributed by atoms with E-state index >= 15 is 0 Å². The highest BCUT2D eigenvalue weighted by Crippen LogP contribution is 2.30. The van der Waals surface area contributed by atoms with Crippen molar-refractivity contribution in [2.45, 2.75) is 12.8 Å². The highest BCUT2D eigenvalue weighted by molar-refractivity contribution is 5.60. The molecule has 0 unspecified atom stereocenters. The predicted octanol–water partition coefficient (Wildman–Crippen LogP) is 2.95. The van der Waals surface area contributed by atoms with Gasteiger partial charge in [-0.1, -0.05) is 19.1 Å². The van der Waals surface area contributed by atoms with E-state index < -0.39 is 0 Å². The number of hydrogen-bond donors (Lipinski definition) is 1. The average molecular weight is 174 g/mol. The molecule has 1 heterocycles. The number of allylic oxidation sites excluding steroid dienone is 1. The van der Waals surface area contributed by atoms with Gasteiger partial charge >= 0.3 is 0 Å². The molecule has 0 saturated heterocycles. The first kappa shape index (κ1) is 8.17. The molecule has 2 heteroatoms. The van der Waals surface area contributed by atoms with Crippen LogP contribution in [0.3, 0.4) is 0 Å². The summed E-state index contributed by atoms with van der Waals surface area (Å²) in [6.07, 6.45) is 3.63. The second-order valence-electron chi connectivity index (χ2n) is 2.96. The summed E-state index contributed by atoms with van der Waals surface area (Å²) < 4.78 is 5.63. The van der Waals surface area contributed by atoms with Crippen molar-refractivity contribution in [2.24, 2.45) is 0 Å². The second kappa shape index (κ2) is 3.52. The number of benzene rings is 1. The molecule has 0 spiro atoms. The monoisotopic (exact) mass is 174 g/mol.